The molecule has 2 atom stereocenters. The lowest BCUT2D eigenvalue weighted by molar-refractivity contribution is -0.137. The third-order valence-corrected chi connectivity index (χ3v) is 1.88. The molecule has 0 aliphatic carbocycles. The Balaban J connectivity index is 3.84. The molecule has 4 nitrogen and oxygen atoms in total. The fraction of sp³-hybridized carbons (Fsp3) is 0.600. The van der Waals surface area contributed by atoms with Gasteiger partial charge in [-0.3, -0.25) is 9.59 Å². The van der Waals surface area contributed by atoms with Gasteiger partial charge < -0.3 is 10.2 Å². The average molecular weight is 196 g/mol. The molecule has 0 spiro atoms. The molecule has 64 valence electrons. The molecule has 0 saturated carbocycles. The monoisotopic (exact) mass is 196 g/mol. The van der Waals surface area contributed by atoms with Gasteiger partial charge in [-0.25, -0.2) is 0 Å². The summed E-state index contributed by atoms with van der Waals surface area (Å²) in [6, 6.07) is 0. The van der Waals surface area contributed by atoms with Gasteiger partial charge in [-0.2, -0.15) is 25.3 Å². The van der Waals surface area contributed by atoms with Crippen LogP contribution in [0.15, 0.2) is 0 Å². The van der Waals surface area contributed by atoms with Crippen LogP contribution in [-0.4, -0.2) is 32.7 Å². The van der Waals surface area contributed by atoms with Gasteiger partial charge in [0, 0.05) is 0 Å². The quantitative estimate of drug-likeness (QED) is 0.483. The van der Waals surface area contributed by atoms with Crippen molar-refractivity contribution in [3.63, 3.8) is 0 Å². The zero-order valence-electron chi connectivity index (χ0n) is 5.47. The maximum absolute atomic E-state index is 10.2. The van der Waals surface area contributed by atoms with Gasteiger partial charge >= 0.3 is 11.9 Å². The highest BCUT2D eigenvalue weighted by Gasteiger charge is 2.20. The van der Waals surface area contributed by atoms with Crippen LogP contribution in [0.1, 0.15) is 6.42 Å². The number of rotatable bonds is 4. The minimum absolute atomic E-state index is 0.0864. The fourth-order valence-corrected chi connectivity index (χ4v) is 1.00. The van der Waals surface area contributed by atoms with Gasteiger partial charge in [0.25, 0.3) is 0 Å². The van der Waals surface area contributed by atoms with Crippen molar-refractivity contribution >= 4 is 37.2 Å². The number of hydrogen-bond donors (Lipinski definition) is 4. The highest BCUT2D eigenvalue weighted by molar-refractivity contribution is 7.82. The van der Waals surface area contributed by atoms with Gasteiger partial charge in [-0.1, -0.05) is 0 Å². The zero-order chi connectivity index (χ0) is 9.02. The standard InChI is InChI=1S/C5H8O4S2/c6-4(7)2(10)1-3(11)5(8)9/h2-3,10-11H,1H2,(H,6,7)(H,8,9)/t2-,3-/m1/s1. The molecule has 0 aromatic carbocycles. The molecule has 0 aromatic heterocycles. The molecule has 6 heteroatoms. The second-order valence-electron chi connectivity index (χ2n) is 1.94. The minimum atomic E-state index is -1.13. The van der Waals surface area contributed by atoms with Gasteiger partial charge in [0.15, 0.2) is 0 Å². The molecule has 11 heavy (non-hydrogen) atoms. The van der Waals surface area contributed by atoms with Crippen LogP contribution in [-0.2, 0) is 9.59 Å². The van der Waals surface area contributed by atoms with Crippen molar-refractivity contribution in [1.29, 1.82) is 0 Å². The zero-order valence-corrected chi connectivity index (χ0v) is 7.26. The lowest BCUT2D eigenvalue weighted by atomic mass is 10.2. The summed E-state index contributed by atoms with van der Waals surface area (Å²) in [7, 11) is 0. The first kappa shape index (κ1) is 10.6. The van der Waals surface area contributed by atoms with E-state index in [9.17, 15) is 9.59 Å². The van der Waals surface area contributed by atoms with Crippen LogP contribution in [0, 0.1) is 0 Å². The predicted molar refractivity (Wildman–Crippen MR) is 45.4 cm³/mol. The topological polar surface area (TPSA) is 74.6 Å². The van der Waals surface area contributed by atoms with Crippen LogP contribution in [0.25, 0.3) is 0 Å². The largest absolute Gasteiger partial charge is 0.480 e. The molecule has 0 aromatic rings. The van der Waals surface area contributed by atoms with Crippen molar-refractivity contribution < 1.29 is 19.8 Å². The first-order chi connectivity index (χ1) is 4.95. The van der Waals surface area contributed by atoms with E-state index in [1.807, 2.05) is 0 Å². The predicted octanol–water partition coefficient (Wildman–Crippen LogP) is 0.142. The van der Waals surface area contributed by atoms with Crippen molar-refractivity contribution in [3.05, 3.63) is 0 Å². The van der Waals surface area contributed by atoms with Crippen LogP contribution in [0.4, 0.5) is 0 Å². The summed E-state index contributed by atoms with van der Waals surface area (Å²) in [6.07, 6.45) is -0.0864. The van der Waals surface area contributed by atoms with Gasteiger partial charge in [-0.15, -0.1) is 0 Å². The Morgan fingerprint density at radius 1 is 1.09 bits per heavy atom. The number of hydrogen-bond acceptors (Lipinski definition) is 4. The summed E-state index contributed by atoms with van der Waals surface area (Å²) in [5.74, 6) is -2.26. The van der Waals surface area contributed by atoms with Crippen LogP contribution in [0.3, 0.4) is 0 Å². The van der Waals surface area contributed by atoms with Crippen molar-refractivity contribution in [2.75, 3.05) is 0 Å². The van der Waals surface area contributed by atoms with Crippen LogP contribution < -0.4 is 0 Å². The lowest BCUT2D eigenvalue weighted by Gasteiger charge is -2.07. The fourth-order valence-electron chi connectivity index (χ4n) is 0.413. The van der Waals surface area contributed by atoms with E-state index in [-0.39, 0.29) is 6.42 Å². The van der Waals surface area contributed by atoms with Gasteiger partial charge in [0.05, 0.1) is 0 Å². The van der Waals surface area contributed by atoms with Crippen molar-refractivity contribution in [1.82, 2.24) is 0 Å². The van der Waals surface area contributed by atoms with Gasteiger partial charge in [-0.05, 0) is 6.42 Å². The van der Waals surface area contributed by atoms with E-state index < -0.39 is 22.4 Å². The molecule has 2 N–H and O–H groups in total. The Kier molecular flexibility index (Phi) is 4.36. The lowest BCUT2D eigenvalue weighted by Crippen LogP contribution is -2.23. The number of aliphatic carboxylic acids is 2. The number of thiol groups is 2. The van der Waals surface area contributed by atoms with Crippen molar-refractivity contribution in [2.45, 2.75) is 16.9 Å². The molecule has 0 fully saturated rings. The Hall–Kier alpha value is -0.360. The maximum atomic E-state index is 10.2. The summed E-state index contributed by atoms with van der Waals surface area (Å²) in [5.41, 5.74) is 0. The van der Waals surface area contributed by atoms with E-state index in [1.54, 1.807) is 0 Å². The third-order valence-electron chi connectivity index (χ3n) is 1.02. The van der Waals surface area contributed by atoms with E-state index in [0.717, 1.165) is 0 Å². The first-order valence-corrected chi connectivity index (χ1v) is 3.80. The maximum Gasteiger partial charge on any atom is 0.316 e. The third kappa shape index (κ3) is 4.15. The number of carbonyl (C=O) groups is 2. The molecular weight excluding hydrogens is 188 g/mol. The van der Waals surface area contributed by atoms with Crippen molar-refractivity contribution in [3.8, 4) is 0 Å². The molecule has 0 saturated heterocycles. The van der Waals surface area contributed by atoms with E-state index in [4.69, 9.17) is 10.2 Å². The molecule has 0 unspecified atom stereocenters. The second kappa shape index (κ2) is 4.50. The number of carboxylic acid groups (broad SMARTS) is 2. The summed E-state index contributed by atoms with van der Waals surface area (Å²) >= 11 is 7.29. The molecule has 0 amide bonds. The summed E-state index contributed by atoms with van der Waals surface area (Å²) in [5, 5.41) is 14.7. The second-order valence-corrected chi connectivity index (χ2v) is 3.19. The normalized spacial score (nSPS) is 15.5. The van der Waals surface area contributed by atoms with Crippen LogP contribution in [0.5, 0.6) is 0 Å². The molecule has 0 rings (SSSR count). The average Bonchev–Trinajstić information content (AvgIpc) is 1.87. The molecular formula is C5H8O4S2. The molecule has 0 bridgehead atoms. The van der Waals surface area contributed by atoms with Crippen LogP contribution in [0.2, 0.25) is 0 Å². The number of carboxylic acids is 2. The van der Waals surface area contributed by atoms with Gasteiger partial charge in [0.1, 0.15) is 10.5 Å². The van der Waals surface area contributed by atoms with E-state index in [1.165, 1.54) is 0 Å². The summed E-state index contributed by atoms with van der Waals surface area (Å²) < 4.78 is 0. The minimum Gasteiger partial charge on any atom is -0.480 e. The highest BCUT2D eigenvalue weighted by atomic mass is 32.1. The molecule has 0 radical (unpaired) electrons. The first-order valence-electron chi connectivity index (χ1n) is 2.77. The van der Waals surface area contributed by atoms with E-state index in [2.05, 4.69) is 25.3 Å². The molecule has 0 aliphatic heterocycles. The van der Waals surface area contributed by atoms with E-state index >= 15 is 0 Å². The summed E-state index contributed by atoms with van der Waals surface area (Å²) in [4.78, 5) is 20.3. The van der Waals surface area contributed by atoms with E-state index in [0.29, 0.717) is 0 Å². The summed E-state index contributed by atoms with van der Waals surface area (Å²) in [6.45, 7) is 0. The van der Waals surface area contributed by atoms with Gasteiger partial charge in [0.2, 0.25) is 0 Å². The Morgan fingerprint density at radius 2 is 1.36 bits per heavy atom. The Bertz CT molecular complexity index is 152. The highest BCUT2D eigenvalue weighted by Crippen LogP contribution is 2.10. The molecule has 0 heterocycles. The van der Waals surface area contributed by atoms with Crippen molar-refractivity contribution in [2.24, 2.45) is 0 Å². The van der Waals surface area contributed by atoms with Crippen LogP contribution >= 0.6 is 25.3 Å². The Labute approximate surface area is 74.4 Å². The Morgan fingerprint density at radius 3 is 1.55 bits per heavy atom. The molecule has 0 aliphatic rings. The SMILES string of the molecule is O=C(O)[C@H](S)C[C@@H](S)C(=O)O. The smallest absolute Gasteiger partial charge is 0.316 e.